The van der Waals surface area contributed by atoms with Crippen LogP contribution in [-0.2, 0) is 17.5 Å². The number of hydrogen-bond donors (Lipinski definition) is 2. The number of aromatic nitrogens is 1. The lowest BCUT2D eigenvalue weighted by Gasteiger charge is -2.12. The predicted molar refractivity (Wildman–Crippen MR) is 50.1 cm³/mol. The van der Waals surface area contributed by atoms with Gasteiger partial charge in [0, 0.05) is 13.2 Å². The van der Waals surface area contributed by atoms with Crippen LogP contribution in [0.2, 0.25) is 0 Å². The third-order valence-electron chi connectivity index (χ3n) is 1.86. The number of aromatic hydroxyl groups is 1. The Morgan fingerprint density at radius 2 is 2.18 bits per heavy atom. The first kappa shape index (κ1) is 13.2. The lowest BCUT2D eigenvalue weighted by molar-refractivity contribution is -0.141. The van der Waals surface area contributed by atoms with Crippen molar-refractivity contribution in [2.24, 2.45) is 5.73 Å². The van der Waals surface area contributed by atoms with Crippen molar-refractivity contribution in [3.05, 3.63) is 23.0 Å². The SMILES string of the molecule is COCc1cc(O)c(C(N)=O)c(C(F)(F)F)n1. The number of pyridine rings is 1. The van der Waals surface area contributed by atoms with Gasteiger partial charge >= 0.3 is 6.18 Å². The highest BCUT2D eigenvalue weighted by Crippen LogP contribution is 2.34. The number of rotatable bonds is 3. The fourth-order valence-corrected chi connectivity index (χ4v) is 1.25. The molecule has 0 unspecified atom stereocenters. The minimum absolute atomic E-state index is 0.151. The molecule has 0 aliphatic carbocycles. The molecule has 5 nitrogen and oxygen atoms in total. The second-order valence-electron chi connectivity index (χ2n) is 3.15. The highest BCUT2D eigenvalue weighted by atomic mass is 19.4. The van der Waals surface area contributed by atoms with E-state index in [4.69, 9.17) is 5.73 Å². The van der Waals surface area contributed by atoms with E-state index in [9.17, 15) is 23.1 Å². The average Bonchev–Trinajstić information content (AvgIpc) is 2.15. The molecule has 1 rings (SSSR count). The first-order valence-electron chi connectivity index (χ1n) is 4.36. The average molecular weight is 250 g/mol. The van der Waals surface area contributed by atoms with E-state index in [2.05, 4.69) is 9.72 Å². The summed E-state index contributed by atoms with van der Waals surface area (Å²) in [5.74, 6) is -2.27. The van der Waals surface area contributed by atoms with E-state index in [1.807, 2.05) is 0 Å². The molecule has 0 atom stereocenters. The van der Waals surface area contributed by atoms with Gasteiger partial charge in [0.25, 0.3) is 5.91 Å². The van der Waals surface area contributed by atoms with Gasteiger partial charge in [0.2, 0.25) is 0 Å². The molecular weight excluding hydrogens is 241 g/mol. The van der Waals surface area contributed by atoms with Crippen molar-refractivity contribution in [3.8, 4) is 5.75 Å². The highest BCUT2D eigenvalue weighted by Gasteiger charge is 2.38. The Balaban J connectivity index is 3.45. The number of carbonyl (C=O) groups excluding carboxylic acids is 1. The molecule has 1 aromatic heterocycles. The molecule has 0 spiro atoms. The molecule has 0 aliphatic heterocycles. The summed E-state index contributed by atoms with van der Waals surface area (Å²) in [5.41, 5.74) is 2.05. The van der Waals surface area contributed by atoms with Gasteiger partial charge in [0.15, 0.2) is 5.69 Å². The molecule has 1 heterocycles. The number of carbonyl (C=O) groups is 1. The molecule has 94 valence electrons. The van der Waals surface area contributed by atoms with Crippen LogP contribution < -0.4 is 5.73 Å². The van der Waals surface area contributed by atoms with Crippen molar-refractivity contribution < 1.29 is 27.8 Å². The van der Waals surface area contributed by atoms with Gasteiger partial charge in [0.1, 0.15) is 11.3 Å². The number of methoxy groups -OCH3 is 1. The van der Waals surface area contributed by atoms with Crippen LogP contribution in [0.3, 0.4) is 0 Å². The topological polar surface area (TPSA) is 85.4 Å². The summed E-state index contributed by atoms with van der Waals surface area (Å²) in [6.07, 6.45) is -4.88. The highest BCUT2D eigenvalue weighted by molar-refractivity contribution is 5.96. The van der Waals surface area contributed by atoms with Crippen molar-refractivity contribution in [1.29, 1.82) is 0 Å². The fraction of sp³-hybridized carbons (Fsp3) is 0.333. The number of alkyl halides is 3. The largest absolute Gasteiger partial charge is 0.507 e. The zero-order valence-corrected chi connectivity index (χ0v) is 8.71. The maximum atomic E-state index is 12.6. The molecule has 0 aliphatic rings. The molecule has 1 amide bonds. The first-order chi connectivity index (χ1) is 7.77. The molecule has 0 saturated heterocycles. The molecule has 0 saturated carbocycles. The summed E-state index contributed by atoms with van der Waals surface area (Å²) in [7, 11) is 1.26. The van der Waals surface area contributed by atoms with E-state index in [1.165, 1.54) is 7.11 Å². The quantitative estimate of drug-likeness (QED) is 0.839. The monoisotopic (exact) mass is 250 g/mol. The number of nitrogens with two attached hydrogens (primary N) is 1. The van der Waals surface area contributed by atoms with E-state index >= 15 is 0 Å². The van der Waals surface area contributed by atoms with Crippen LogP contribution >= 0.6 is 0 Å². The zero-order chi connectivity index (χ0) is 13.2. The lowest BCUT2D eigenvalue weighted by atomic mass is 10.1. The fourth-order valence-electron chi connectivity index (χ4n) is 1.25. The van der Waals surface area contributed by atoms with Gasteiger partial charge in [-0.15, -0.1) is 0 Å². The normalized spacial score (nSPS) is 11.5. The Morgan fingerprint density at radius 3 is 2.59 bits per heavy atom. The molecule has 0 radical (unpaired) electrons. The van der Waals surface area contributed by atoms with Crippen LogP contribution in [0.25, 0.3) is 0 Å². The Kier molecular flexibility index (Phi) is 3.56. The molecular formula is C9H9F3N2O3. The van der Waals surface area contributed by atoms with Crippen molar-refractivity contribution in [3.63, 3.8) is 0 Å². The number of nitrogens with zero attached hydrogens (tertiary/aromatic N) is 1. The lowest BCUT2D eigenvalue weighted by Crippen LogP contribution is -2.21. The Labute approximate surface area is 94.0 Å². The Hall–Kier alpha value is -1.83. The molecule has 1 aromatic rings. The molecule has 8 heteroatoms. The van der Waals surface area contributed by atoms with Crippen molar-refractivity contribution in [2.75, 3.05) is 7.11 Å². The van der Waals surface area contributed by atoms with Crippen LogP contribution in [0.4, 0.5) is 13.2 Å². The molecule has 0 fully saturated rings. The number of hydrogen-bond acceptors (Lipinski definition) is 4. The van der Waals surface area contributed by atoms with Crippen molar-refractivity contribution >= 4 is 5.91 Å². The number of ether oxygens (including phenoxy) is 1. The van der Waals surface area contributed by atoms with E-state index in [0.29, 0.717) is 0 Å². The standard InChI is InChI=1S/C9H9F3N2O3/c1-17-3-4-2-5(15)6(8(13)16)7(14-4)9(10,11)12/h2H,3H2,1H3,(H2,13,16)(H,14,15). The number of halogens is 3. The number of primary amides is 1. The molecule has 0 aromatic carbocycles. The maximum Gasteiger partial charge on any atom is 0.434 e. The maximum absolute atomic E-state index is 12.6. The third-order valence-corrected chi connectivity index (χ3v) is 1.86. The summed E-state index contributed by atoms with van der Waals surface area (Å²) in [6, 6.07) is 0.902. The summed E-state index contributed by atoms with van der Waals surface area (Å²) >= 11 is 0. The van der Waals surface area contributed by atoms with Crippen LogP contribution in [0.1, 0.15) is 21.7 Å². The van der Waals surface area contributed by atoms with Crippen LogP contribution in [-0.4, -0.2) is 23.1 Å². The minimum Gasteiger partial charge on any atom is -0.507 e. The van der Waals surface area contributed by atoms with Gasteiger partial charge in [0.05, 0.1) is 12.3 Å². The molecule has 3 N–H and O–H groups in total. The van der Waals surface area contributed by atoms with Gasteiger partial charge in [-0.05, 0) is 0 Å². The van der Waals surface area contributed by atoms with Crippen molar-refractivity contribution in [2.45, 2.75) is 12.8 Å². The van der Waals surface area contributed by atoms with Crippen LogP contribution in [0, 0.1) is 0 Å². The van der Waals surface area contributed by atoms with Gasteiger partial charge in [-0.1, -0.05) is 0 Å². The Morgan fingerprint density at radius 1 is 1.59 bits per heavy atom. The van der Waals surface area contributed by atoms with Crippen LogP contribution in [0.15, 0.2) is 6.07 Å². The van der Waals surface area contributed by atoms with E-state index in [1.54, 1.807) is 0 Å². The van der Waals surface area contributed by atoms with Gasteiger partial charge in [-0.25, -0.2) is 4.98 Å². The minimum atomic E-state index is -4.88. The molecule has 17 heavy (non-hydrogen) atoms. The second kappa shape index (κ2) is 4.58. The summed E-state index contributed by atoms with van der Waals surface area (Å²) in [6.45, 7) is -0.227. The molecule has 0 bridgehead atoms. The van der Waals surface area contributed by atoms with E-state index < -0.39 is 29.1 Å². The van der Waals surface area contributed by atoms with Crippen LogP contribution in [0.5, 0.6) is 5.75 Å². The zero-order valence-electron chi connectivity index (χ0n) is 8.71. The van der Waals surface area contributed by atoms with E-state index in [-0.39, 0.29) is 12.3 Å². The van der Waals surface area contributed by atoms with Gasteiger partial charge in [-0.3, -0.25) is 4.79 Å². The van der Waals surface area contributed by atoms with Gasteiger partial charge < -0.3 is 15.6 Å². The number of amides is 1. The smallest absolute Gasteiger partial charge is 0.434 e. The second-order valence-corrected chi connectivity index (χ2v) is 3.15. The summed E-state index contributed by atoms with van der Waals surface area (Å²) in [5, 5.41) is 9.34. The predicted octanol–water partition coefficient (Wildman–Crippen LogP) is 1.05. The van der Waals surface area contributed by atoms with Crippen molar-refractivity contribution in [1.82, 2.24) is 4.98 Å². The Bertz CT molecular complexity index is 446. The van der Waals surface area contributed by atoms with E-state index in [0.717, 1.165) is 6.07 Å². The summed E-state index contributed by atoms with van der Waals surface area (Å²) in [4.78, 5) is 14.1. The first-order valence-corrected chi connectivity index (χ1v) is 4.36. The van der Waals surface area contributed by atoms with Gasteiger partial charge in [-0.2, -0.15) is 13.2 Å². The summed E-state index contributed by atoms with van der Waals surface area (Å²) < 4.78 is 42.4. The third kappa shape index (κ3) is 2.84.